The van der Waals surface area contributed by atoms with Gasteiger partial charge in [-0.3, -0.25) is 0 Å². The monoisotopic (exact) mass is 88.1 g/mol. The molecule has 36 valence electrons. The van der Waals surface area contributed by atoms with E-state index in [2.05, 4.69) is 6.58 Å². The maximum Gasteiger partial charge on any atom is 0.0873 e. The largest absolute Gasteiger partial charge is 0.513 e. The van der Waals surface area contributed by atoms with Crippen LogP contribution in [0.15, 0.2) is 12.3 Å². The summed E-state index contributed by atoms with van der Waals surface area (Å²) in [6.45, 7) is 3.12. The molecule has 0 amide bonds. The van der Waals surface area contributed by atoms with Crippen molar-refractivity contribution in [1.29, 1.82) is 0 Å². The minimum absolute atomic E-state index is 0.0185. The van der Waals surface area contributed by atoms with Gasteiger partial charge < -0.3 is 10.2 Å². The van der Waals surface area contributed by atoms with Gasteiger partial charge in [0.25, 0.3) is 0 Å². The van der Waals surface area contributed by atoms with Crippen molar-refractivity contribution in [2.45, 2.75) is 6.42 Å². The van der Waals surface area contributed by atoms with Crippen LogP contribution in [0.1, 0.15) is 6.42 Å². The Hall–Kier alpha value is -0.500. The normalized spacial score (nSPS) is 8.17. The van der Waals surface area contributed by atoms with Crippen molar-refractivity contribution in [3.8, 4) is 0 Å². The van der Waals surface area contributed by atoms with Crippen molar-refractivity contribution in [2.75, 3.05) is 6.61 Å². The van der Waals surface area contributed by atoms with E-state index >= 15 is 0 Å². The predicted molar refractivity (Wildman–Crippen MR) is 23.5 cm³/mol. The van der Waals surface area contributed by atoms with E-state index in [1.807, 2.05) is 0 Å². The molecule has 0 unspecified atom stereocenters. The Morgan fingerprint density at radius 3 is 2.17 bits per heavy atom. The van der Waals surface area contributed by atoms with E-state index in [0.29, 0.717) is 6.42 Å². The second-order valence-corrected chi connectivity index (χ2v) is 1.04. The Labute approximate surface area is 36.7 Å². The van der Waals surface area contributed by atoms with Crippen LogP contribution in [0.5, 0.6) is 0 Å². The second-order valence-electron chi connectivity index (χ2n) is 1.04. The summed E-state index contributed by atoms with van der Waals surface area (Å²) in [5.74, 6) is 0.0394. The van der Waals surface area contributed by atoms with Crippen LogP contribution in [0.2, 0.25) is 0 Å². The highest BCUT2D eigenvalue weighted by atomic mass is 16.3. The summed E-state index contributed by atoms with van der Waals surface area (Å²) in [6, 6.07) is 0. The lowest BCUT2D eigenvalue weighted by molar-refractivity contribution is 0.269. The highest BCUT2D eigenvalue weighted by molar-refractivity contribution is 4.76. The van der Waals surface area contributed by atoms with Crippen molar-refractivity contribution in [1.82, 2.24) is 0 Å². The molecule has 0 aliphatic heterocycles. The van der Waals surface area contributed by atoms with Crippen LogP contribution in [-0.2, 0) is 0 Å². The Balaban J connectivity index is 2.83. The van der Waals surface area contributed by atoms with Crippen LogP contribution < -0.4 is 0 Å². The van der Waals surface area contributed by atoms with Gasteiger partial charge in [-0.1, -0.05) is 6.58 Å². The number of hydrogen-bond donors (Lipinski definition) is 2. The first kappa shape index (κ1) is 5.50. The first-order valence-corrected chi connectivity index (χ1v) is 1.75. The summed E-state index contributed by atoms with van der Waals surface area (Å²) in [4.78, 5) is 0. The summed E-state index contributed by atoms with van der Waals surface area (Å²) >= 11 is 0. The van der Waals surface area contributed by atoms with Gasteiger partial charge in [0.2, 0.25) is 0 Å². The number of rotatable bonds is 2. The lowest BCUT2D eigenvalue weighted by atomic mass is 10.4. The summed E-state index contributed by atoms with van der Waals surface area (Å²) in [5.41, 5.74) is 0. The molecule has 0 spiro atoms. The highest BCUT2D eigenvalue weighted by Crippen LogP contribution is 1.85. The first-order valence-electron chi connectivity index (χ1n) is 1.75. The van der Waals surface area contributed by atoms with Gasteiger partial charge in [-0.2, -0.15) is 0 Å². The van der Waals surface area contributed by atoms with E-state index in [1.54, 1.807) is 0 Å². The Kier molecular flexibility index (Phi) is 2.50. The zero-order valence-electron chi connectivity index (χ0n) is 3.52. The van der Waals surface area contributed by atoms with Gasteiger partial charge in [-0.05, 0) is 0 Å². The third-order valence-electron chi connectivity index (χ3n) is 0.400. The quantitative estimate of drug-likeness (QED) is 0.481. The van der Waals surface area contributed by atoms with E-state index in [-0.39, 0.29) is 12.4 Å². The van der Waals surface area contributed by atoms with Gasteiger partial charge in [-0.15, -0.1) is 0 Å². The van der Waals surface area contributed by atoms with Crippen LogP contribution >= 0.6 is 0 Å². The maximum absolute atomic E-state index is 8.20. The molecule has 0 rings (SSSR count). The van der Waals surface area contributed by atoms with Crippen molar-refractivity contribution >= 4 is 0 Å². The molecule has 0 aliphatic rings. The van der Waals surface area contributed by atoms with Crippen molar-refractivity contribution < 1.29 is 10.2 Å². The average Bonchev–Trinajstić information content (AvgIpc) is 1.35. The van der Waals surface area contributed by atoms with Crippen molar-refractivity contribution in [2.24, 2.45) is 0 Å². The topological polar surface area (TPSA) is 40.5 Å². The van der Waals surface area contributed by atoms with Crippen LogP contribution in [0.4, 0.5) is 0 Å². The summed E-state index contributed by atoms with van der Waals surface area (Å²) in [6.07, 6.45) is 0.292. The van der Waals surface area contributed by atoms with Gasteiger partial charge in [0.1, 0.15) is 0 Å². The number of hydrogen-bond acceptors (Lipinski definition) is 2. The maximum atomic E-state index is 8.20. The molecule has 0 aromatic carbocycles. The molecule has 0 atom stereocenters. The molecule has 0 bridgehead atoms. The Morgan fingerprint density at radius 1 is 1.67 bits per heavy atom. The van der Waals surface area contributed by atoms with Crippen LogP contribution in [-0.4, -0.2) is 16.8 Å². The Bertz CT molecular complexity index is 49.5. The van der Waals surface area contributed by atoms with Gasteiger partial charge in [0.15, 0.2) is 0 Å². The summed E-state index contributed by atoms with van der Waals surface area (Å²) in [5, 5.41) is 16.2. The summed E-state index contributed by atoms with van der Waals surface area (Å²) in [7, 11) is 0. The van der Waals surface area contributed by atoms with Gasteiger partial charge in [0.05, 0.1) is 12.4 Å². The predicted octanol–water partition coefficient (Wildman–Crippen LogP) is 0.440. The van der Waals surface area contributed by atoms with E-state index in [1.165, 1.54) is 0 Å². The third-order valence-corrected chi connectivity index (χ3v) is 0.400. The molecule has 0 aliphatic carbocycles. The van der Waals surface area contributed by atoms with E-state index in [0.717, 1.165) is 0 Å². The molecule has 0 saturated heterocycles. The van der Waals surface area contributed by atoms with E-state index in [4.69, 9.17) is 10.2 Å². The minimum atomic E-state index is -0.0185. The van der Waals surface area contributed by atoms with Crippen LogP contribution in [0.25, 0.3) is 0 Å². The molecular weight excluding hydrogens is 80.0 g/mol. The lowest BCUT2D eigenvalue weighted by Gasteiger charge is -1.86. The third kappa shape index (κ3) is 3.50. The molecule has 0 radical (unpaired) electrons. The summed E-state index contributed by atoms with van der Waals surface area (Å²) < 4.78 is 0. The van der Waals surface area contributed by atoms with Crippen LogP contribution in [0, 0.1) is 0 Å². The smallest absolute Gasteiger partial charge is 0.0873 e. The second kappa shape index (κ2) is 2.72. The average molecular weight is 88.1 g/mol. The molecule has 0 fully saturated rings. The van der Waals surface area contributed by atoms with E-state index in [9.17, 15) is 0 Å². The molecule has 0 heterocycles. The first-order chi connectivity index (χ1) is 2.77. The molecule has 0 aromatic rings. The molecule has 2 nitrogen and oxygen atoms in total. The van der Waals surface area contributed by atoms with Gasteiger partial charge in [-0.25, -0.2) is 0 Å². The van der Waals surface area contributed by atoms with E-state index < -0.39 is 0 Å². The molecular formula is C4H8O2. The fourth-order valence-corrected chi connectivity index (χ4v) is 0.129. The van der Waals surface area contributed by atoms with Gasteiger partial charge in [0, 0.05) is 6.42 Å². The minimum Gasteiger partial charge on any atom is -0.513 e. The molecule has 0 aromatic heterocycles. The lowest BCUT2D eigenvalue weighted by Crippen LogP contribution is -1.82. The van der Waals surface area contributed by atoms with Gasteiger partial charge >= 0.3 is 0 Å². The fourth-order valence-electron chi connectivity index (χ4n) is 0.129. The zero-order valence-corrected chi connectivity index (χ0v) is 3.52. The van der Waals surface area contributed by atoms with Crippen molar-refractivity contribution in [3.63, 3.8) is 0 Å². The fraction of sp³-hybridized carbons (Fsp3) is 0.500. The molecule has 6 heavy (non-hydrogen) atoms. The Morgan fingerprint density at radius 2 is 2.17 bits per heavy atom. The van der Waals surface area contributed by atoms with Crippen molar-refractivity contribution in [3.05, 3.63) is 12.3 Å². The standard InChI is InChI=1S/C4H8O2/c1-4(6)2-3-5/h5-6H,1-3H2. The molecule has 2 N–H and O–H groups in total. The van der Waals surface area contributed by atoms with Crippen LogP contribution in [0.3, 0.4) is 0 Å². The molecule has 0 saturated carbocycles. The SMILES string of the molecule is C=C(O)CCO. The zero-order chi connectivity index (χ0) is 4.99. The number of aliphatic hydroxyl groups excluding tert-OH is 2. The molecule has 2 heteroatoms. The highest BCUT2D eigenvalue weighted by Gasteiger charge is 1.80. The number of aliphatic hydroxyl groups is 2.